The van der Waals surface area contributed by atoms with Crippen molar-refractivity contribution in [1.82, 2.24) is 16.0 Å². The van der Waals surface area contributed by atoms with Gasteiger partial charge in [0.25, 0.3) is 0 Å². The summed E-state index contributed by atoms with van der Waals surface area (Å²) in [4.78, 5) is 72.2. The standard InChI is InChI=1S/C22H40N6O7/c1-5-12(4)18(21(33)27-15(22(34)35)7-9-17(25)30)28-20(32)14(6-8-16(24)29)26-19(31)13(23)10-11(2)3/h11-15,18H,5-10,23H2,1-4H3,(H2,24,29)(H2,25,30)(H,26,31)(H,27,33)(H,28,32)(H,34,35). The van der Waals surface area contributed by atoms with Crippen LogP contribution in [0.2, 0.25) is 0 Å². The molecule has 0 aliphatic heterocycles. The van der Waals surface area contributed by atoms with Crippen LogP contribution >= 0.6 is 0 Å². The lowest BCUT2D eigenvalue weighted by molar-refractivity contribution is -0.143. The normalized spacial score (nSPS) is 15.3. The van der Waals surface area contributed by atoms with Gasteiger partial charge in [-0.05, 0) is 31.1 Å². The predicted octanol–water partition coefficient (Wildman–Crippen LogP) is -1.52. The first-order valence-electron chi connectivity index (χ1n) is 11.7. The molecule has 0 saturated heterocycles. The quantitative estimate of drug-likeness (QED) is 0.123. The third-order valence-corrected chi connectivity index (χ3v) is 5.46. The molecule has 0 aromatic carbocycles. The van der Waals surface area contributed by atoms with E-state index in [0.717, 1.165) is 0 Å². The van der Waals surface area contributed by atoms with Crippen molar-refractivity contribution in [2.45, 2.75) is 90.4 Å². The zero-order valence-corrected chi connectivity index (χ0v) is 20.8. The smallest absolute Gasteiger partial charge is 0.326 e. The Balaban J connectivity index is 5.62. The second kappa shape index (κ2) is 15.6. The van der Waals surface area contributed by atoms with Gasteiger partial charge in [0.2, 0.25) is 29.5 Å². The summed E-state index contributed by atoms with van der Waals surface area (Å²) < 4.78 is 0. The molecule has 0 aliphatic rings. The molecule has 0 aliphatic carbocycles. The van der Waals surface area contributed by atoms with Crippen LogP contribution in [0.25, 0.3) is 0 Å². The molecule has 5 amide bonds. The van der Waals surface area contributed by atoms with E-state index in [2.05, 4.69) is 16.0 Å². The van der Waals surface area contributed by atoms with Crippen molar-refractivity contribution < 1.29 is 33.9 Å². The maximum Gasteiger partial charge on any atom is 0.326 e. The summed E-state index contributed by atoms with van der Waals surface area (Å²) in [7, 11) is 0. The Morgan fingerprint density at radius 3 is 1.69 bits per heavy atom. The van der Waals surface area contributed by atoms with Gasteiger partial charge < -0.3 is 38.3 Å². The van der Waals surface area contributed by atoms with E-state index in [0.29, 0.717) is 12.8 Å². The van der Waals surface area contributed by atoms with Crippen LogP contribution in [0.1, 0.15) is 66.2 Å². The van der Waals surface area contributed by atoms with E-state index in [9.17, 15) is 33.9 Å². The fraction of sp³-hybridized carbons (Fsp3) is 0.727. The molecule has 0 radical (unpaired) electrons. The largest absolute Gasteiger partial charge is 0.480 e. The number of nitrogens with two attached hydrogens (primary N) is 3. The number of nitrogens with one attached hydrogen (secondary N) is 3. The summed E-state index contributed by atoms with van der Waals surface area (Å²) in [6.07, 6.45) is 0.0293. The molecule has 0 saturated carbocycles. The third-order valence-electron chi connectivity index (χ3n) is 5.46. The average molecular weight is 501 g/mol. The molecule has 0 spiro atoms. The van der Waals surface area contributed by atoms with Crippen LogP contribution in [0.4, 0.5) is 0 Å². The van der Waals surface area contributed by atoms with Gasteiger partial charge in [-0.3, -0.25) is 24.0 Å². The number of primary amides is 2. The van der Waals surface area contributed by atoms with E-state index >= 15 is 0 Å². The number of carboxylic acids is 1. The summed E-state index contributed by atoms with van der Waals surface area (Å²) in [6, 6.07) is -4.62. The predicted molar refractivity (Wildman–Crippen MR) is 127 cm³/mol. The summed E-state index contributed by atoms with van der Waals surface area (Å²) in [5.74, 6) is -5.17. The Morgan fingerprint density at radius 1 is 0.771 bits per heavy atom. The summed E-state index contributed by atoms with van der Waals surface area (Å²) in [6.45, 7) is 7.22. The maximum absolute atomic E-state index is 13.0. The average Bonchev–Trinajstić information content (AvgIpc) is 2.75. The van der Waals surface area contributed by atoms with E-state index in [1.165, 1.54) is 0 Å². The van der Waals surface area contributed by atoms with Crippen molar-refractivity contribution in [3.05, 3.63) is 0 Å². The van der Waals surface area contributed by atoms with E-state index in [4.69, 9.17) is 17.2 Å². The van der Waals surface area contributed by atoms with Crippen LogP contribution in [0.15, 0.2) is 0 Å². The van der Waals surface area contributed by atoms with Gasteiger partial charge in [0.15, 0.2) is 0 Å². The highest BCUT2D eigenvalue weighted by atomic mass is 16.4. The van der Waals surface area contributed by atoms with E-state index in [1.54, 1.807) is 13.8 Å². The molecule has 0 fully saturated rings. The maximum atomic E-state index is 13.0. The third kappa shape index (κ3) is 12.7. The summed E-state index contributed by atoms with van der Waals surface area (Å²) in [5, 5.41) is 16.7. The van der Waals surface area contributed by atoms with E-state index in [-0.39, 0.29) is 31.6 Å². The molecular weight excluding hydrogens is 460 g/mol. The Bertz CT molecular complexity index is 773. The van der Waals surface area contributed by atoms with Crippen molar-refractivity contribution in [1.29, 1.82) is 0 Å². The molecule has 200 valence electrons. The van der Waals surface area contributed by atoms with Crippen molar-refractivity contribution in [3.63, 3.8) is 0 Å². The fourth-order valence-electron chi connectivity index (χ4n) is 3.21. The molecule has 0 aromatic rings. The Kier molecular flexibility index (Phi) is 14.2. The lowest BCUT2D eigenvalue weighted by Crippen LogP contribution is -2.58. The van der Waals surface area contributed by atoms with E-state index in [1.807, 2.05) is 13.8 Å². The molecule has 0 heterocycles. The van der Waals surface area contributed by atoms with Crippen LogP contribution < -0.4 is 33.2 Å². The number of carbonyl (C=O) groups excluding carboxylic acids is 5. The van der Waals surface area contributed by atoms with Gasteiger partial charge >= 0.3 is 5.97 Å². The molecule has 0 rings (SSSR count). The number of carboxylic acid groups (broad SMARTS) is 1. The van der Waals surface area contributed by atoms with Gasteiger partial charge in [0.05, 0.1) is 6.04 Å². The molecule has 5 unspecified atom stereocenters. The van der Waals surface area contributed by atoms with Gasteiger partial charge in [0.1, 0.15) is 18.1 Å². The van der Waals surface area contributed by atoms with Gasteiger partial charge in [-0.15, -0.1) is 0 Å². The number of hydrogen-bond donors (Lipinski definition) is 7. The number of hydrogen-bond acceptors (Lipinski definition) is 7. The number of carbonyl (C=O) groups is 6. The Morgan fingerprint density at radius 2 is 1.26 bits per heavy atom. The van der Waals surface area contributed by atoms with Crippen LogP contribution in [0, 0.1) is 11.8 Å². The number of aliphatic carboxylic acids is 1. The Hall–Kier alpha value is -3.22. The first kappa shape index (κ1) is 31.8. The SMILES string of the molecule is CCC(C)C(NC(=O)C(CCC(N)=O)NC(=O)C(N)CC(C)C)C(=O)NC(CCC(N)=O)C(=O)O. The second-order valence-corrected chi connectivity index (χ2v) is 9.08. The molecule has 13 heteroatoms. The lowest BCUT2D eigenvalue weighted by Gasteiger charge is -2.28. The summed E-state index contributed by atoms with van der Waals surface area (Å²) >= 11 is 0. The first-order chi connectivity index (χ1) is 16.2. The van der Waals surface area contributed by atoms with Crippen LogP contribution in [-0.4, -0.2) is 64.8 Å². The van der Waals surface area contributed by atoms with Crippen molar-refractivity contribution in [3.8, 4) is 0 Å². The Labute approximate surface area is 205 Å². The highest BCUT2D eigenvalue weighted by molar-refractivity contribution is 5.94. The van der Waals surface area contributed by atoms with Crippen molar-refractivity contribution >= 4 is 35.5 Å². The van der Waals surface area contributed by atoms with Crippen molar-refractivity contribution in [2.24, 2.45) is 29.0 Å². The van der Waals surface area contributed by atoms with Gasteiger partial charge in [-0.2, -0.15) is 0 Å². The minimum absolute atomic E-state index is 0.119. The highest BCUT2D eigenvalue weighted by Gasteiger charge is 2.33. The monoisotopic (exact) mass is 500 g/mol. The van der Waals surface area contributed by atoms with Crippen LogP contribution in [0.3, 0.4) is 0 Å². The number of rotatable bonds is 17. The van der Waals surface area contributed by atoms with Crippen LogP contribution in [-0.2, 0) is 28.8 Å². The van der Waals surface area contributed by atoms with Gasteiger partial charge in [-0.1, -0.05) is 34.1 Å². The minimum Gasteiger partial charge on any atom is -0.480 e. The first-order valence-corrected chi connectivity index (χ1v) is 11.7. The zero-order chi connectivity index (χ0) is 27.3. The molecule has 0 aromatic heterocycles. The van der Waals surface area contributed by atoms with Crippen LogP contribution in [0.5, 0.6) is 0 Å². The molecule has 5 atom stereocenters. The zero-order valence-electron chi connectivity index (χ0n) is 20.8. The highest BCUT2D eigenvalue weighted by Crippen LogP contribution is 2.11. The summed E-state index contributed by atoms with van der Waals surface area (Å²) in [5.41, 5.74) is 16.1. The molecule has 13 nitrogen and oxygen atoms in total. The molecule has 10 N–H and O–H groups in total. The molecular formula is C22H40N6O7. The van der Waals surface area contributed by atoms with Gasteiger partial charge in [-0.25, -0.2) is 4.79 Å². The topological polar surface area (TPSA) is 237 Å². The second-order valence-electron chi connectivity index (χ2n) is 9.08. The lowest BCUT2D eigenvalue weighted by atomic mass is 9.96. The number of amides is 5. The minimum atomic E-state index is -1.39. The van der Waals surface area contributed by atoms with Crippen molar-refractivity contribution in [2.75, 3.05) is 0 Å². The van der Waals surface area contributed by atoms with Gasteiger partial charge in [0, 0.05) is 12.8 Å². The molecule has 0 bridgehead atoms. The van der Waals surface area contributed by atoms with E-state index < -0.39 is 65.6 Å². The fourth-order valence-corrected chi connectivity index (χ4v) is 3.21. The molecule has 35 heavy (non-hydrogen) atoms.